The molecular weight excluding hydrogens is 588 g/mol. The van der Waals surface area contributed by atoms with Crippen LogP contribution in [0.25, 0.3) is 11.1 Å². The van der Waals surface area contributed by atoms with Crippen molar-refractivity contribution in [1.29, 1.82) is 0 Å². The molecule has 7 rings (SSSR count). The number of hydrogen-bond donors (Lipinski definition) is 5. The third-order valence-electron chi connectivity index (χ3n) is 9.91. The van der Waals surface area contributed by atoms with Crippen molar-refractivity contribution in [1.82, 2.24) is 15.3 Å². The fourth-order valence-corrected chi connectivity index (χ4v) is 6.62. The molecule has 2 aromatic carbocycles. The van der Waals surface area contributed by atoms with E-state index in [0.717, 1.165) is 77.5 Å². The molecule has 0 radical (unpaired) electrons. The third kappa shape index (κ3) is 6.70. The van der Waals surface area contributed by atoms with Gasteiger partial charge in [0, 0.05) is 42.9 Å². The van der Waals surface area contributed by atoms with Gasteiger partial charge in [0.25, 0.3) is 11.8 Å². The Morgan fingerprint density at radius 3 is 1.74 bits per heavy atom. The molecule has 4 aromatic rings. The number of anilines is 2. The quantitative estimate of drug-likeness (QED) is 0.135. The maximum absolute atomic E-state index is 13.5. The second kappa shape index (κ2) is 13.0. The van der Waals surface area contributed by atoms with Gasteiger partial charge in [-0.05, 0) is 133 Å². The van der Waals surface area contributed by atoms with Crippen LogP contribution in [0.1, 0.15) is 105 Å². The summed E-state index contributed by atoms with van der Waals surface area (Å²) in [5.41, 5.74) is 16.3. The predicted molar refractivity (Wildman–Crippen MR) is 183 cm³/mol. The van der Waals surface area contributed by atoms with Crippen LogP contribution >= 0.6 is 0 Å². The van der Waals surface area contributed by atoms with Gasteiger partial charge in [-0.1, -0.05) is 24.3 Å². The molecule has 3 aliphatic carbocycles. The first-order valence-electron chi connectivity index (χ1n) is 16.7. The number of rotatable bonds is 11. The van der Waals surface area contributed by atoms with E-state index < -0.39 is 0 Å². The topological polar surface area (TPSA) is 142 Å². The van der Waals surface area contributed by atoms with Gasteiger partial charge in [0.05, 0.1) is 6.10 Å². The van der Waals surface area contributed by atoms with Gasteiger partial charge in [-0.2, -0.15) is 0 Å². The summed E-state index contributed by atoms with van der Waals surface area (Å²) in [6.07, 6.45) is 9.41. The normalized spacial score (nSPS) is 18.8. The summed E-state index contributed by atoms with van der Waals surface area (Å²) in [6, 6.07) is 15.9. The summed E-state index contributed by atoms with van der Waals surface area (Å²) in [7, 11) is 0. The van der Waals surface area contributed by atoms with Gasteiger partial charge in [0.2, 0.25) is 0 Å². The van der Waals surface area contributed by atoms with Crippen LogP contribution in [-0.4, -0.2) is 39.0 Å². The molecular formula is C38H42N6O3. The van der Waals surface area contributed by atoms with Crippen LogP contribution in [0.3, 0.4) is 0 Å². The number of nitrogens with one attached hydrogen (secondary N) is 3. The Morgan fingerprint density at radius 1 is 0.787 bits per heavy atom. The molecule has 0 saturated heterocycles. The van der Waals surface area contributed by atoms with Crippen LogP contribution in [-0.2, 0) is 13.1 Å². The Kier molecular flexibility index (Phi) is 8.61. The predicted octanol–water partition coefficient (Wildman–Crippen LogP) is 6.09. The van der Waals surface area contributed by atoms with Gasteiger partial charge >= 0.3 is 0 Å². The van der Waals surface area contributed by atoms with Crippen LogP contribution < -0.4 is 21.7 Å². The summed E-state index contributed by atoms with van der Waals surface area (Å²) < 4.78 is 0. The zero-order chi connectivity index (χ0) is 32.7. The standard InChI is InChI=1S/C38H42N6O3/c1-21-29(5-3-7-33(21)43-37(46)35-15-31(23-9-10-23)25(17-39)18-41-35)30-6-4-8-34(22(30)2)44-38(47)36-16-32(24-11-12-24)26(20-42-36)19-40-27-13-28(45)14-27/h3-8,15-16,18,20,23-24,27-28,40,45H,9-14,17,19,39H2,1-2H3,(H,43,46)(H,44,47). The van der Waals surface area contributed by atoms with Crippen LogP contribution in [0.2, 0.25) is 0 Å². The molecule has 47 heavy (non-hydrogen) atoms. The molecule has 0 unspecified atom stereocenters. The second-order valence-electron chi connectivity index (χ2n) is 13.4. The molecule has 3 aliphatic rings. The molecule has 3 saturated carbocycles. The van der Waals surface area contributed by atoms with Crippen LogP contribution in [0, 0.1) is 13.8 Å². The highest BCUT2D eigenvalue weighted by molar-refractivity contribution is 6.05. The minimum Gasteiger partial charge on any atom is -0.393 e. The molecule has 0 atom stereocenters. The molecule has 9 heteroatoms. The van der Waals surface area contributed by atoms with E-state index in [1.165, 1.54) is 5.56 Å². The highest BCUT2D eigenvalue weighted by Crippen LogP contribution is 2.43. The molecule has 2 heterocycles. The number of nitrogens with two attached hydrogens (primary N) is 1. The minimum absolute atomic E-state index is 0.196. The molecule has 242 valence electrons. The molecule has 2 amide bonds. The largest absolute Gasteiger partial charge is 0.393 e. The van der Waals surface area contributed by atoms with Crippen molar-refractivity contribution >= 4 is 23.2 Å². The molecule has 0 aliphatic heterocycles. The second-order valence-corrected chi connectivity index (χ2v) is 13.4. The van der Waals surface area contributed by atoms with Gasteiger partial charge in [0.1, 0.15) is 11.4 Å². The van der Waals surface area contributed by atoms with Crippen molar-refractivity contribution < 1.29 is 14.7 Å². The summed E-state index contributed by atoms with van der Waals surface area (Å²) >= 11 is 0. The van der Waals surface area contributed by atoms with E-state index in [2.05, 4.69) is 25.9 Å². The molecule has 9 nitrogen and oxygen atoms in total. The molecule has 0 spiro atoms. The average molecular weight is 631 g/mol. The zero-order valence-electron chi connectivity index (χ0n) is 27.0. The first-order valence-corrected chi connectivity index (χ1v) is 16.7. The first kappa shape index (κ1) is 31.2. The van der Waals surface area contributed by atoms with E-state index in [9.17, 15) is 14.7 Å². The van der Waals surface area contributed by atoms with Crippen molar-refractivity contribution in [3.63, 3.8) is 0 Å². The van der Waals surface area contributed by atoms with Crippen molar-refractivity contribution in [3.05, 3.63) is 106 Å². The molecule has 0 bridgehead atoms. The van der Waals surface area contributed by atoms with Gasteiger partial charge < -0.3 is 26.8 Å². The lowest BCUT2D eigenvalue weighted by molar-refractivity contribution is 0.0619. The van der Waals surface area contributed by atoms with E-state index >= 15 is 0 Å². The number of pyridine rings is 2. The maximum Gasteiger partial charge on any atom is 0.274 e. The lowest BCUT2D eigenvalue weighted by Gasteiger charge is -2.32. The van der Waals surface area contributed by atoms with Crippen LogP contribution in [0.5, 0.6) is 0 Å². The summed E-state index contributed by atoms with van der Waals surface area (Å²) in [5.74, 6) is 0.436. The minimum atomic E-state index is -0.254. The van der Waals surface area contributed by atoms with E-state index in [1.807, 2.05) is 68.6 Å². The summed E-state index contributed by atoms with van der Waals surface area (Å²) in [6.45, 7) is 5.09. The SMILES string of the molecule is Cc1c(NC(=O)c2cc(C3CC3)c(CN)cn2)cccc1-c1cccc(NC(=O)c2cc(C3CC3)c(CNC3CC(O)C3)cn2)c1C. The number of amides is 2. The number of benzene rings is 2. The van der Waals surface area contributed by atoms with Crippen molar-refractivity contribution in [3.8, 4) is 11.1 Å². The number of aromatic nitrogens is 2. The van der Waals surface area contributed by atoms with Gasteiger partial charge in [-0.3, -0.25) is 19.6 Å². The van der Waals surface area contributed by atoms with Gasteiger partial charge in [-0.15, -0.1) is 0 Å². The fourth-order valence-electron chi connectivity index (χ4n) is 6.62. The van der Waals surface area contributed by atoms with E-state index in [-0.39, 0.29) is 17.9 Å². The Bertz CT molecular complexity index is 1840. The van der Waals surface area contributed by atoms with Crippen LogP contribution in [0.15, 0.2) is 60.9 Å². The Morgan fingerprint density at radius 2 is 1.28 bits per heavy atom. The number of aliphatic hydroxyl groups excluding tert-OH is 1. The smallest absolute Gasteiger partial charge is 0.274 e. The Labute approximate surface area is 275 Å². The number of nitrogens with zero attached hydrogens (tertiary/aromatic N) is 2. The van der Waals surface area contributed by atoms with E-state index in [0.29, 0.717) is 53.7 Å². The van der Waals surface area contributed by atoms with Crippen molar-refractivity contribution in [2.75, 3.05) is 10.6 Å². The highest BCUT2D eigenvalue weighted by atomic mass is 16.3. The third-order valence-corrected chi connectivity index (χ3v) is 9.91. The summed E-state index contributed by atoms with van der Waals surface area (Å²) in [5, 5.41) is 19.3. The lowest BCUT2D eigenvalue weighted by atomic mass is 9.89. The van der Waals surface area contributed by atoms with Crippen molar-refractivity contribution in [2.24, 2.45) is 5.73 Å². The average Bonchev–Trinajstić information content (AvgIpc) is 3.99. The zero-order valence-corrected chi connectivity index (χ0v) is 27.0. The number of carbonyl (C=O) groups excluding carboxylic acids is 2. The van der Waals surface area contributed by atoms with Gasteiger partial charge in [-0.25, -0.2) is 0 Å². The number of carbonyl (C=O) groups is 2. The maximum atomic E-state index is 13.5. The number of hydrogen-bond acceptors (Lipinski definition) is 7. The molecule has 6 N–H and O–H groups in total. The Balaban J connectivity index is 1.08. The van der Waals surface area contributed by atoms with E-state index in [4.69, 9.17) is 5.73 Å². The highest BCUT2D eigenvalue weighted by Gasteiger charge is 2.30. The molecule has 2 aromatic heterocycles. The lowest BCUT2D eigenvalue weighted by Crippen LogP contribution is -2.43. The monoisotopic (exact) mass is 630 g/mol. The van der Waals surface area contributed by atoms with E-state index in [1.54, 1.807) is 6.20 Å². The van der Waals surface area contributed by atoms with Gasteiger partial charge in [0.15, 0.2) is 0 Å². The molecule has 3 fully saturated rings. The fraction of sp³-hybridized carbons (Fsp3) is 0.368. The Hall–Kier alpha value is -4.44. The number of aliphatic hydroxyl groups is 1. The van der Waals surface area contributed by atoms with Crippen LogP contribution in [0.4, 0.5) is 11.4 Å². The summed E-state index contributed by atoms with van der Waals surface area (Å²) in [4.78, 5) is 35.7. The van der Waals surface area contributed by atoms with Crippen molar-refractivity contribution in [2.45, 2.75) is 89.4 Å². The first-order chi connectivity index (χ1) is 22.8.